The van der Waals surface area contributed by atoms with Crippen LogP contribution < -0.4 is 30.0 Å². The van der Waals surface area contributed by atoms with E-state index in [-0.39, 0.29) is 24.3 Å². The highest BCUT2D eigenvalue weighted by atomic mass is 16.5. The number of methoxy groups -OCH3 is 4. The molecule has 0 aromatic heterocycles. The molecule has 30 heavy (non-hydrogen) atoms. The fraction of sp³-hybridized carbons (Fsp3) is 0.435. The Kier molecular flexibility index (Phi) is 7.05. The molecule has 1 unspecified atom stereocenters. The molecule has 0 aliphatic carbocycles. The van der Waals surface area contributed by atoms with Crippen molar-refractivity contribution in [2.45, 2.75) is 25.3 Å². The van der Waals surface area contributed by atoms with Crippen LogP contribution >= 0.6 is 0 Å². The predicted molar refractivity (Wildman–Crippen MR) is 115 cm³/mol. The fourth-order valence-electron chi connectivity index (χ4n) is 4.21. The van der Waals surface area contributed by atoms with Gasteiger partial charge < -0.3 is 30.0 Å². The molecule has 0 fully saturated rings. The zero-order chi connectivity index (χ0) is 21.7. The first kappa shape index (κ1) is 21.8. The highest BCUT2D eigenvalue weighted by Crippen LogP contribution is 2.39. The van der Waals surface area contributed by atoms with Crippen LogP contribution in [-0.4, -0.2) is 40.9 Å². The number of nitrogens with two attached hydrogens (primary N) is 1. The maximum atomic E-state index is 11.9. The SMILES string of the molecule is COc1ccc(CC(CC(N)=O)[C@H]2NCCc3cc(OC)c(OC)cc32)cc1OC. The van der Waals surface area contributed by atoms with E-state index < -0.39 is 0 Å². The summed E-state index contributed by atoms with van der Waals surface area (Å²) < 4.78 is 21.7. The van der Waals surface area contributed by atoms with E-state index in [1.165, 1.54) is 5.56 Å². The van der Waals surface area contributed by atoms with E-state index in [4.69, 9.17) is 24.7 Å². The summed E-state index contributed by atoms with van der Waals surface area (Å²) in [5.41, 5.74) is 8.98. The van der Waals surface area contributed by atoms with Gasteiger partial charge in [0, 0.05) is 12.5 Å². The third-order valence-electron chi connectivity index (χ3n) is 5.62. The third kappa shape index (κ3) is 4.62. The highest BCUT2D eigenvalue weighted by molar-refractivity contribution is 5.74. The number of carbonyl (C=O) groups is 1. The number of carbonyl (C=O) groups excluding carboxylic acids is 1. The van der Waals surface area contributed by atoms with Crippen molar-refractivity contribution < 1.29 is 23.7 Å². The Bertz CT molecular complexity index is 899. The van der Waals surface area contributed by atoms with Gasteiger partial charge in [0.1, 0.15) is 0 Å². The van der Waals surface area contributed by atoms with Crippen molar-refractivity contribution in [1.82, 2.24) is 5.32 Å². The molecule has 2 aromatic rings. The van der Waals surface area contributed by atoms with Crippen LogP contribution in [0, 0.1) is 5.92 Å². The number of hydrogen-bond donors (Lipinski definition) is 2. The van der Waals surface area contributed by atoms with Crippen molar-refractivity contribution >= 4 is 5.91 Å². The topological polar surface area (TPSA) is 92.0 Å². The maximum absolute atomic E-state index is 11.9. The molecule has 0 spiro atoms. The van der Waals surface area contributed by atoms with Gasteiger partial charge in [-0.2, -0.15) is 0 Å². The van der Waals surface area contributed by atoms with Crippen LogP contribution in [0.1, 0.15) is 29.2 Å². The molecule has 3 N–H and O–H groups in total. The molecule has 162 valence electrons. The lowest BCUT2D eigenvalue weighted by atomic mass is 9.81. The van der Waals surface area contributed by atoms with Crippen molar-refractivity contribution in [1.29, 1.82) is 0 Å². The Hall–Kier alpha value is -2.93. The second-order valence-corrected chi connectivity index (χ2v) is 7.41. The highest BCUT2D eigenvalue weighted by Gasteiger charge is 2.30. The molecule has 1 amide bonds. The number of hydrogen-bond acceptors (Lipinski definition) is 6. The minimum absolute atomic E-state index is 0.0299. The van der Waals surface area contributed by atoms with E-state index in [1.54, 1.807) is 28.4 Å². The van der Waals surface area contributed by atoms with Crippen molar-refractivity contribution in [2.75, 3.05) is 35.0 Å². The van der Waals surface area contributed by atoms with E-state index >= 15 is 0 Å². The summed E-state index contributed by atoms with van der Waals surface area (Å²) in [4.78, 5) is 11.9. The van der Waals surface area contributed by atoms with Gasteiger partial charge in [-0.3, -0.25) is 4.79 Å². The lowest BCUT2D eigenvalue weighted by Crippen LogP contribution is -2.37. The van der Waals surface area contributed by atoms with Gasteiger partial charge in [0.05, 0.1) is 28.4 Å². The third-order valence-corrected chi connectivity index (χ3v) is 5.62. The van der Waals surface area contributed by atoms with Gasteiger partial charge in [0.15, 0.2) is 23.0 Å². The lowest BCUT2D eigenvalue weighted by molar-refractivity contribution is -0.119. The van der Waals surface area contributed by atoms with Crippen LogP contribution in [-0.2, 0) is 17.6 Å². The first-order chi connectivity index (χ1) is 14.5. The summed E-state index contributed by atoms with van der Waals surface area (Å²) in [5, 5.41) is 3.58. The van der Waals surface area contributed by atoms with Crippen molar-refractivity contribution in [3.8, 4) is 23.0 Å². The number of fused-ring (bicyclic) bond motifs is 1. The summed E-state index contributed by atoms with van der Waals surface area (Å²) in [7, 11) is 6.48. The summed E-state index contributed by atoms with van der Waals surface area (Å²) >= 11 is 0. The Morgan fingerprint density at radius 2 is 1.63 bits per heavy atom. The molecule has 2 atom stereocenters. The summed E-state index contributed by atoms with van der Waals surface area (Å²) in [6.07, 6.45) is 1.81. The molecule has 0 radical (unpaired) electrons. The fourth-order valence-corrected chi connectivity index (χ4v) is 4.21. The number of nitrogens with one attached hydrogen (secondary N) is 1. The predicted octanol–water partition coefficient (Wildman–Crippen LogP) is 2.64. The van der Waals surface area contributed by atoms with Crippen LogP contribution in [0.4, 0.5) is 0 Å². The number of ether oxygens (including phenoxy) is 4. The summed E-state index contributed by atoms with van der Waals surface area (Å²) in [6, 6.07) is 9.83. The van der Waals surface area contributed by atoms with Gasteiger partial charge in [-0.25, -0.2) is 0 Å². The zero-order valence-corrected chi connectivity index (χ0v) is 18.0. The maximum Gasteiger partial charge on any atom is 0.217 e. The Balaban J connectivity index is 1.96. The van der Waals surface area contributed by atoms with E-state index in [0.717, 1.165) is 24.1 Å². The molecule has 0 saturated heterocycles. The molecule has 1 heterocycles. The van der Waals surface area contributed by atoms with Crippen molar-refractivity contribution in [3.63, 3.8) is 0 Å². The monoisotopic (exact) mass is 414 g/mol. The molecule has 0 saturated carbocycles. The van der Waals surface area contributed by atoms with E-state index in [1.807, 2.05) is 30.3 Å². The van der Waals surface area contributed by atoms with Gasteiger partial charge in [-0.05, 0) is 66.3 Å². The van der Waals surface area contributed by atoms with E-state index in [0.29, 0.717) is 29.4 Å². The first-order valence-electron chi connectivity index (χ1n) is 9.98. The molecule has 0 bridgehead atoms. The van der Waals surface area contributed by atoms with Gasteiger partial charge in [0.2, 0.25) is 5.91 Å². The van der Waals surface area contributed by atoms with Gasteiger partial charge in [0.25, 0.3) is 0 Å². The number of rotatable bonds is 9. The molecular weight excluding hydrogens is 384 g/mol. The minimum Gasteiger partial charge on any atom is -0.493 e. The Morgan fingerprint density at radius 3 is 2.27 bits per heavy atom. The van der Waals surface area contributed by atoms with Crippen LogP contribution in [0.5, 0.6) is 23.0 Å². The molecule has 7 heteroatoms. The largest absolute Gasteiger partial charge is 0.493 e. The quantitative estimate of drug-likeness (QED) is 0.655. The van der Waals surface area contributed by atoms with Crippen molar-refractivity contribution in [3.05, 3.63) is 47.0 Å². The minimum atomic E-state index is -0.324. The molecule has 7 nitrogen and oxygen atoms in total. The average Bonchev–Trinajstić information content (AvgIpc) is 2.76. The zero-order valence-electron chi connectivity index (χ0n) is 18.0. The molecule has 1 aliphatic heterocycles. The Morgan fingerprint density at radius 1 is 1.00 bits per heavy atom. The first-order valence-corrected chi connectivity index (χ1v) is 9.98. The number of amides is 1. The molecule has 2 aromatic carbocycles. The van der Waals surface area contributed by atoms with Crippen LogP contribution in [0.25, 0.3) is 0 Å². The van der Waals surface area contributed by atoms with Crippen LogP contribution in [0.15, 0.2) is 30.3 Å². The van der Waals surface area contributed by atoms with Gasteiger partial charge in [-0.1, -0.05) is 6.07 Å². The van der Waals surface area contributed by atoms with Crippen LogP contribution in [0.3, 0.4) is 0 Å². The number of primary amides is 1. The standard InChI is InChI=1S/C23H30N2O5/c1-27-18-6-5-14(10-19(18)28-2)9-16(12-22(24)26)23-17-13-21(30-4)20(29-3)11-15(17)7-8-25-23/h5-6,10-11,13,16,23,25H,7-9,12H2,1-4H3,(H2,24,26)/t16?,23-/m1/s1. The smallest absolute Gasteiger partial charge is 0.217 e. The second-order valence-electron chi connectivity index (χ2n) is 7.41. The summed E-state index contributed by atoms with van der Waals surface area (Å²) in [5.74, 6) is 2.37. The molecule has 1 aliphatic rings. The average molecular weight is 415 g/mol. The lowest BCUT2D eigenvalue weighted by Gasteiger charge is -2.34. The van der Waals surface area contributed by atoms with Gasteiger partial charge in [-0.15, -0.1) is 0 Å². The normalized spacial score (nSPS) is 16.3. The summed E-state index contributed by atoms with van der Waals surface area (Å²) in [6.45, 7) is 0.814. The van der Waals surface area contributed by atoms with Gasteiger partial charge >= 0.3 is 0 Å². The van der Waals surface area contributed by atoms with Crippen molar-refractivity contribution in [2.24, 2.45) is 11.7 Å². The van der Waals surface area contributed by atoms with E-state index in [9.17, 15) is 4.79 Å². The van der Waals surface area contributed by atoms with Crippen LogP contribution in [0.2, 0.25) is 0 Å². The second kappa shape index (κ2) is 9.71. The Labute approximate surface area is 177 Å². The number of benzene rings is 2. The van der Waals surface area contributed by atoms with E-state index in [2.05, 4.69) is 5.32 Å². The molecule has 3 rings (SSSR count). The molecular formula is C23H30N2O5.